The van der Waals surface area contributed by atoms with Gasteiger partial charge >= 0.3 is 0 Å². The number of halogens is 1. The highest BCUT2D eigenvalue weighted by molar-refractivity contribution is 6.34. The van der Waals surface area contributed by atoms with Crippen molar-refractivity contribution in [2.45, 2.75) is 31.6 Å². The van der Waals surface area contributed by atoms with Crippen LogP contribution in [-0.4, -0.2) is 23.2 Å². The van der Waals surface area contributed by atoms with Crippen molar-refractivity contribution in [3.8, 4) is 11.5 Å². The summed E-state index contributed by atoms with van der Waals surface area (Å²) in [6.07, 6.45) is 4.46. The van der Waals surface area contributed by atoms with Crippen molar-refractivity contribution in [1.82, 2.24) is 9.97 Å². The second-order valence-electron chi connectivity index (χ2n) is 5.37. The molecular formula is C15H15ClN2O2. The van der Waals surface area contributed by atoms with E-state index in [-0.39, 0.29) is 0 Å². The van der Waals surface area contributed by atoms with Crippen LogP contribution < -0.4 is 9.47 Å². The van der Waals surface area contributed by atoms with Gasteiger partial charge in [0, 0.05) is 23.8 Å². The van der Waals surface area contributed by atoms with E-state index in [0.717, 1.165) is 47.5 Å². The molecule has 20 heavy (non-hydrogen) atoms. The number of benzene rings is 1. The van der Waals surface area contributed by atoms with Crippen LogP contribution in [-0.2, 0) is 0 Å². The van der Waals surface area contributed by atoms with Crippen molar-refractivity contribution in [2.24, 2.45) is 0 Å². The van der Waals surface area contributed by atoms with Gasteiger partial charge in [0.1, 0.15) is 11.0 Å². The van der Waals surface area contributed by atoms with Crippen LogP contribution in [0.25, 0.3) is 10.9 Å². The molecule has 1 aromatic carbocycles. The minimum absolute atomic E-state index is 0.466. The first-order valence-electron chi connectivity index (χ1n) is 7.08. The highest BCUT2D eigenvalue weighted by Gasteiger charge is 2.24. The molecule has 0 radical (unpaired) electrons. The molecule has 0 bridgehead atoms. The molecule has 4 nitrogen and oxygen atoms in total. The Hall–Kier alpha value is -1.55. The zero-order chi connectivity index (χ0) is 13.5. The molecule has 1 fully saturated rings. The van der Waals surface area contributed by atoms with E-state index in [2.05, 4.69) is 9.97 Å². The van der Waals surface area contributed by atoms with Crippen LogP contribution in [0.2, 0.25) is 5.15 Å². The fraction of sp³-hybridized carbons (Fsp3) is 0.467. The Morgan fingerprint density at radius 3 is 2.45 bits per heavy atom. The van der Waals surface area contributed by atoms with E-state index in [0.29, 0.717) is 24.3 Å². The van der Waals surface area contributed by atoms with Crippen LogP contribution in [0.3, 0.4) is 0 Å². The molecule has 0 amide bonds. The van der Waals surface area contributed by atoms with Crippen molar-refractivity contribution >= 4 is 22.5 Å². The van der Waals surface area contributed by atoms with E-state index in [4.69, 9.17) is 21.1 Å². The first-order valence-corrected chi connectivity index (χ1v) is 7.46. The highest BCUT2D eigenvalue weighted by Crippen LogP contribution is 2.39. The minimum Gasteiger partial charge on any atom is -0.490 e. The molecule has 2 aromatic rings. The molecule has 0 spiro atoms. The predicted octanol–water partition coefficient (Wildman–Crippen LogP) is 3.71. The number of nitrogens with zero attached hydrogens (tertiary/aromatic N) is 2. The maximum atomic E-state index is 6.32. The third kappa shape index (κ3) is 1.99. The molecule has 104 valence electrons. The number of fused-ring (bicyclic) bond motifs is 2. The third-order valence-corrected chi connectivity index (χ3v) is 4.29. The maximum Gasteiger partial charge on any atom is 0.163 e. The first-order chi connectivity index (χ1) is 9.81. The predicted molar refractivity (Wildman–Crippen MR) is 76.7 cm³/mol. The van der Waals surface area contributed by atoms with Gasteiger partial charge < -0.3 is 9.47 Å². The zero-order valence-corrected chi connectivity index (χ0v) is 11.8. The summed E-state index contributed by atoms with van der Waals surface area (Å²) in [5.74, 6) is 2.82. The normalized spacial score (nSPS) is 18.6. The highest BCUT2D eigenvalue weighted by atomic mass is 35.5. The van der Waals surface area contributed by atoms with Gasteiger partial charge in [0.05, 0.1) is 18.7 Å². The molecule has 1 aliphatic carbocycles. The molecule has 0 atom stereocenters. The lowest BCUT2D eigenvalue weighted by Gasteiger charge is -2.24. The number of ether oxygens (including phenoxy) is 2. The Morgan fingerprint density at radius 1 is 1.00 bits per heavy atom. The number of rotatable bonds is 1. The van der Waals surface area contributed by atoms with Gasteiger partial charge in [-0.1, -0.05) is 18.0 Å². The van der Waals surface area contributed by atoms with Crippen LogP contribution in [0.1, 0.15) is 37.4 Å². The topological polar surface area (TPSA) is 44.2 Å². The standard InChI is InChI=1S/C15H15ClN2O2/c16-14-10-7-12-13(20-6-2-5-19-12)8-11(10)17-15(18-14)9-3-1-4-9/h7-9H,1-6H2. The van der Waals surface area contributed by atoms with Crippen LogP contribution in [0.15, 0.2) is 12.1 Å². The molecule has 1 saturated carbocycles. The molecule has 0 N–H and O–H groups in total. The Bertz CT molecular complexity index is 670. The van der Waals surface area contributed by atoms with Gasteiger partial charge in [0.2, 0.25) is 0 Å². The van der Waals surface area contributed by atoms with Gasteiger partial charge in [-0.25, -0.2) is 9.97 Å². The summed E-state index contributed by atoms with van der Waals surface area (Å²) < 4.78 is 11.4. The van der Waals surface area contributed by atoms with E-state index in [1.807, 2.05) is 12.1 Å². The second-order valence-corrected chi connectivity index (χ2v) is 5.73. The van der Waals surface area contributed by atoms with Gasteiger partial charge in [0.25, 0.3) is 0 Å². The summed E-state index contributed by atoms with van der Waals surface area (Å²) in [5.41, 5.74) is 0.844. The van der Waals surface area contributed by atoms with Crippen molar-refractivity contribution in [3.05, 3.63) is 23.1 Å². The lowest BCUT2D eigenvalue weighted by atomic mass is 9.85. The SMILES string of the molecule is Clc1nc(C2CCC2)nc2cc3c(cc12)OCCCO3. The molecule has 0 saturated heterocycles. The summed E-state index contributed by atoms with van der Waals surface area (Å²) in [4.78, 5) is 9.12. The van der Waals surface area contributed by atoms with Gasteiger partial charge in [-0.2, -0.15) is 0 Å². The average molecular weight is 291 g/mol. The van der Waals surface area contributed by atoms with Crippen molar-refractivity contribution < 1.29 is 9.47 Å². The second kappa shape index (κ2) is 4.77. The summed E-state index contributed by atoms with van der Waals surface area (Å²) in [6, 6.07) is 3.81. The summed E-state index contributed by atoms with van der Waals surface area (Å²) in [7, 11) is 0. The largest absolute Gasteiger partial charge is 0.490 e. The van der Waals surface area contributed by atoms with E-state index < -0.39 is 0 Å². The van der Waals surface area contributed by atoms with Crippen molar-refractivity contribution in [1.29, 1.82) is 0 Å². The molecule has 2 aliphatic rings. The van der Waals surface area contributed by atoms with Gasteiger partial charge in [-0.15, -0.1) is 0 Å². The summed E-state index contributed by atoms with van der Waals surface area (Å²) in [5, 5.41) is 1.34. The molecule has 2 heterocycles. The van der Waals surface area contributed by atoms with E-state index in [1.54, 1.807) is 0 Å². The quantitative estimate of drug-likeness (QED) is 0.751. The van der Waals surface area contributed by atoms with Crippen LogP contribution in [0.4, 0.5) is 0 Å². The molecule has 5 heteroatoms. The van der Waals surface area contributed by atoms with Crippen LogP contribution in [0.5, 0.6) is 11.5 Å². The Labute approximate surface area is 122 Å². The van der Waals surface area contributed by atoms with Gasteiger partial charge in [-0.05, 0) is 18.9 Å². The van der Waals surface area contributed by atoms with Crippen LogP contribution >= 0.6 is 11.6 Å². The summed E-state index contributed by atoms with van der Waals surface area (Å²) >= 11 is 6.32. The molecule has 1 aromatic heterocycles. The van der Waals surface area contributed by atoms with Gasteiger partial charge in [-0.3, -0.25) is 0 Å². The first kappa shape index (κ1) is 12.2. The maximum absolute atomic E-state index is 6.32. The Kier molecular flexibility index (Phi) is 2.91. The Balaban J connectivity index is 1.86. The molecular weight excluding hydrogens is 276 g/mol. The fourth-order valence-electron chi connectivity index (χ4n) is 2.61. The molecule has 1 aliphatic heterocycles. The van der Waals surface area contributed by atoms with Gasteiger partial charge in [0.15, 0.2) is 11.5 Å². The van der Waals surface area contributed by atoms with Crippen LogP contribution in [0, 0.1) is 0 Å². The third-order valence-electron chi connectivity index (χ3n) is 4.01. The molecule has 0 unspecified atom stereocenters. The van der Waals surface area contributed by atoms with E-state index >= 15 is 0 Å². The monoisotopic (exact) mass is 290 g/mol. The molecule has 4 rings (SSSR count). The van der Waals surface area contributed by atoms with E-state index in [1.165, 1.54) is 6.42 Å². The summed E-state index contributed by atoms with van der Waals surface area (Å²) in [6.45, 7) is 1.34. The lowest BCUT2D eigenvalue weighted by Crippen LogP contribution is -2.12. The van der Waals surface area contributed by atoms with E-state index in [9.17, 15) is 0 Å². The fourth-order valence-corrected chi connectivity index (χ4v) is 2.85. The number of hydrogen-bond acceptors (Lipinski definition) is 4. The smallest absolute Gasteiger partial charge is 0.163 e. The Morgan fingerprint density at radius 2 is 1.75 bits per heavy atom. The minimum atomic E-state index is 0.466. The average Bonchev–Trinajstić information content (AvgIpc) is 2.59. The zero-order valence-electron chi connectivity index (χ0n) is 11.1. The van der Waals surface area contributed by atoms with Crippen molar-refractivity contribution in [2.75, 3.05) is 13.2 Å². The number of hydrogen-bond donors (Lipinski definition) is 0. The lowest BCUT2D eigenvalue weighted by molar-refractivity contribution is 0.297. The number of aromatic nitrogens is 2. The van der Waals surface area contributed by atoms with Crippen molar-refractivity contribution in [3.63, 3.8) is 0 Å².